The Morgan fingerprint density at radius 1 is 1.50 bits per heavy atom. The number of aryl methyl sites for hydroxylation is 1. The van der Waals surface area contributed by atoms with E-state index in [1.165, 1.54) is 0 Å². The summed E-state index contributed by atoms with van der Waals surface area (Å²) in [5.74, 6) is 1.30. The highest BCUT2D eigenvalue weighted by Crippen LogP contribution is 2.26. The summed E-state index contributed by atoms with van der Waals surface area (Å²) in [6.07, 6.45) is 0. The number of nitrogens with zero attached hydrogens (tertiary/aromatic N) is 1. The average Bonchev–Trinajstić information content (AvgIpc) is 2.62. The fraction of sp³-hybridized carbons (Fsp3) is 0.300. The number of hydrogen-bond donors (Lipinski definition) is 2. The van der Waals surface area contributed by atoms with Crippen molar-refractivity contribution in [1.82, 2.24) is 0 Å². The zero-order chi connectivity index (χ0) is 9.97. The Morgan fingerprint density at radius 2 is 2.36 bits per heavy atom. The lowest BCUT2D eigenvalue weighted by atomic mass is 10.2. The highest BCUT2D eigenvalue weighted by molar-refractivity contribution is 8.14. The molecule has 14 heavy (non-hydrogen) atoms. The lowest BCUT2D eigenvalue weighted by molar-refractivity contribution is 0.477. The molecular formula is C10H12N2OS. The minimum absolute atomic E-state index is 0.278. The number of thioether (sulfide) groups is 1. The number of hydrogen-bond acceptors (Lipinski definition) is 4. The van der Waals surface area contributed by atoms with Crippen LogP contribution in [-0.2, 0) is 0 Å². The molecule has 3 nitrogen and oxygen atoms in total. The van der Waals surface area contributed by atoms with Crippen molar-refractivity contribution in [3.8, 4) is 5.75 Å². The third-order valence-corrected chi connectivity index (χ3v) is 2.87. The van der Waals surface area contributed by atoms with Gasteiger partial charge in [-0.25, -0.2) is 0 Å². The van der Waals surface area contributed by atoms with Gasteiger partial charge in [-0.2, -0.15) is 0 Å². The van der Waals surface area contributed by atoms with Crippen LogP contribution in [0.25, 0.3) is 0 Å². The van der Waals surface area contributed by atoms with E-state index >= 15 is 0 Å². The number of aromatic hydroxyl groups is 1. The van der Waals surface area contributed by atoms with Crippen LogP contribution in [0.1, 0.15) is 5.56 Å². The minimum Gasteiger partial charge on any atom is -0.506 e. The van der Waals surface area contributed by atoms with Crippen molar-refractivity contribution >= 4 is 22.6 Å². The first-order valence-electron chi connectivity index (χ1n) is 4.49. The van der Waals surface area contributed by atoms with Crippen LogP contribution in [0.4, 0.5) is 5.69 Å². The number of benzene rings is 1. The maximum absolute atomic E-state index is 9.62. The molecule has 4 heteroatoms. The monoisotopic (exact) mass is 208 g/mol. The molecule has 0 bridgehead atoms. The van der Waals surface area contributed by atoms with E-state index in [1.807, 2.05) is 19.1 Å². The molecule has 1 heterocycles. The van der Waals surface area contributed by atoms with E-state index < -0.39 is 0 Å². The average molecular weight is 208 g/mol. The highest BCUT2D eigenvalue weighted by Gasteiger charge is 2.08. The number of phenols is 1. The van der Waals surface area contributed by atoms with Gasteiger partial charge in [0.2, 0.25) is 0 Å². The van der Waals surface area contributed by atoms with Gasteiger partial charge in [0, 0.05) is 5.75 Å². The van der Waals surface area contributed by atoms with E-state index in [2.05, 4.69) is 10.3 Å². The minimum atomic E-state index is 0.278. The molecule has 0 saturated heterocycles. The summed E-state index contributed by atoms with van der Waals surface area (Å²) >= 11 is 1.68. The zero-order valence-electron chi connectivity index (χ0n) is 7.95. The van der Waals surface area contributed by atoms with E-state index in [0.29, 0.717) is 0 Å². The quantitative estimate of drug-likeness (QED) is 0.695. The summed E-state index contributed by atoms with van der Waals surface area (Å²) in [7, 11) is 0. The Morgan fingerprint density at radius 3 is 3.00 bits per heavy atom. The van der Waals surface area contributed by atoms with Crippen molar-refractivity contribution in [3.63, 3.8) is 0 Å². The Balaban J connectivity index is 2.16. The van der Waals surface area contributed by atoms with Gasteiger partial charge in [-0.15, -0.1) is 0 Å². The molecular weight excluding hydrogens is 196 g/mol. The Kier molecular flexibility index (Phi) is 2.63. The second-order valence-corrected chi connectivity index (χ2v) is 4.26. The largest absolute Gasteiger partial charge is 0.506 e. The van der Waals surface area contributed by atoms with Crippen LogP contribution in [0.15, 0.2) is 23.2 Å². The van der Waals surface area contributed by atoms with Gasteiger partial charge in [0.05, 0.1) is 12.2 Å². The molecule has 1 aromatic rings. The smallest absolute Gasteiger partial charge is 0.161 e. The molecule has 2 rings (SSSR count). The Hall–Kier alpha value is -1.16. The number of rotatable bonds is 1. The molecule has 0 amide bonds. The van der Waals surface area contributed by atoms with Crippen molar-refractivity contribution in [2.75, 3.05) is 17.6 Å². The van der Waals surface area contributed by atoms with Crippen LogP contribution < -0.4 is 5.32 Å². The molecule has 0 fully saturated rings. The second-order valence-electron chi connectivity index (χ2n) is 3.18. The molecule has 1 aliphatic rings. The topological polar surface area (TPSA) is 44.6 Å². The first-order chi connectivity index (χ1) is 6.75. The standard InChI is InChI=1S/C10H12N2OS/c1-7-2-3-8(9(13)6-7)12-10-11-4-5-14-10/h2-3,6,13H,4-5H2,1H3,(H,11,12). The number of anilines is 1. The molecule has 0 radical (unpaired) electrons. The van der Waals surface area contributed by atoms with E-state index in [4.69, 9.17) is 0 Å². The highest BCUT2D eigenvalue weighted by atomic mass is 32.2. The third kappa shape index (κ3) is 2.01. The Labute approximate surface area is 87.2 Å². The predicted molar refractivity (Wildman–Crippen MR) is 61.2 cm³/mol. The molecule has 0 spiro atoms. The molecule has 0 aliphatic carbocycles. The second kappa shape index (κ2) is 3.92. The summed E-state index contributed by atoms with van der Waals surface area (Å²) in [5, 5.41) is 13.6. The van der Waals surface area contributed by atoms with Crippen LogP contribution in [0.3, 0.4) is 0 Å². The summed E-state index contributed by atoms with van der Waals surface area (Å²) in [6.45, 7) is 2.81. The first kappa shape index (κ1) is 9.40. The summed E-state index contributed by atoms with van der Waals surface area (Å²) in [4.78, 5) is 4.25. The number of aliphatic imine (C=N–C) groups is 1. The van der Waals surface area contributed by atoms with Gasteiger partial charge >= 0.3 is 0 Å². The first-order valence-corrected chi connectivity index (χ1v) is 5.48. The molecule has 0 aromatic heterocycles. The normalized spacial score (nSPS) is 15.4. The third-order valence-electron chi connectivity index (χ3n) is 1.98. The van der Waals surface area contributed by atoms with Gasteiger partial charge in [0.25, 0.3) is 0 Å². The Bertz CT molecular complexity index is 376. The predicted octanol–water partition coefficient (Wildman–Crippen LogP) is 2.22. The van der Waals surface area contributed by atoms with Crippen LogP contribution in [0, 0.1) is 6.92 Å². The maximum Gasteiger partial charge on any atom is 0.161 e. The summed E-state index contributed by atoms with van der Waals surface area (Å²) < 4.78 is 0. The molecule has 1 aromatic carbocycles. The number of phenolic OH excluding ortho intramolecular Hbond substituents is 1. The van der Waals surface area contributed by atoms with Crippen LogP contribution in [0.2, 0.25) is 0 Å². The maximum atomic E-state index is 9.62. The summed E-state index contributed by atoms with van der Waals surface area (Å²) in [5.41, 5.74) is 1.78. The van der Waals surface area contributed by atoms with Crippen molar-refractivity contribution in [1.29, 1.82) is 0 Å². The van der Waals surface area contributed by atoms with E-state index in [9.17, 15) is 5.11 Å². The van der Waals surface area contributed by atoms with Crippen molar-refractivity contribution in [3.05, 3.63) is 23.8 Å². The van der Waals surface area contributed by atoms with Crippen LogP contribution in [0.5, 0.6) is 5.75 Å². The molecule has 2 N–H and O–H groups in total. The van der Waals surface area contributed by atoms with Gasteiger partial charge in [-0.3, -0.25) is 4.99 Å². The van der Waals surface area contributed by atoms with Gasteiger partial charge < -0.3 is 10.4 Å². The van der Waals surface area contributed by atoms with E-state index in [0.717, 1.165) is 28.7 Å². The molecule has 0 atom stereocenters. The SMILES string of the molecule is Cc1ccc(NC2=NCCS2)c(O)c1. The summed E-state index contributed by atoms with van der Waals surface area (Å²) in [6, 6.07) is 5.57. The van der Waals surface area contributed by atoms with Crippen LogP contribution >= 0.6 is 11.8 Å². The van der Waals surface area contributed by atoms with Gasteiger partial charge in [-0.1, -0.05) is 17.8 Å². The number of nitrogens with one attached hydrogen (secondary N) is 1. The van der Waals surface area contributed by atoms with E-state index in [1.54, 1.807) is 17.8 Å². The van der Waals surface area contributed by atoms with Crippen molar-refractivity contribution in [2.24, 2.45) is 4.99 Å². The fourth-order valence-corrected chi connectivity index (χ4v) is 2.01. The van der Waals surface area contributed by atoms with Crippen molar-refractivity contribution in [2.45, 2.75) is 6.92 Å². The number of amidine groups is 1. The van der Waals surface area contributed by atoms with E-state index in [-0.39, 0.29) is 5.75 Å². The lowest BCUT2D eigenvalue weighted by Gasteiger charge is -2.07. The van der Waals surface area contributed by atoms with Gasteiger partial charge in [-0.05, 0) is 24.6 Å². The lowest BCUT2D eigenvalue weighted by Crippen LogP contribution is -2.04. The zero-order valence-corrected chi connectivity index (χ0v) is 8.77. The molecule has 74 valence electrons. The van der Waals surface area contributed by atoms with Gasteiger partial charge in [0.1, 0.15) is 5.75 Å². The molecule has 1 aliphatic heterocycles. The van der Waals surface area contributed by atoms with Crippen molar-refractivity contribution < 1.29 is 5.11 Å². The fourth-order valence-electron chi connectivity index (χ4n) is 1.27. The van der Waals surface area contributed by atoms with Gasteiger partial charge in [0.15, 0.2) is 5.17 Å². The molecule has 0 saturated carbocycles. The molecule has 0 unspecified atom stereocenters. The van der Waals surface area contributed by atoms with Crippen LogP contribution in [-0.4, -0.2) is 22.6 Å².